The van der Waals surface area contributed by atoms with Crippen molar-refractivity contribution < 1.29 is 0 Å². The topological polar surface area (TPSA) is 32.3 Å². The van der Waals surface area contributed by atoms with Gasteiger partial charge in [-0.25, -0.2) is 9.97 Å². The molecule has 0 N–H and O–H groups in total. The lowest BCUT2D eigenvalue weighted by Gasteiger charge is -2.23. The fourth-order valence-electron chi connectivity index (χ4n) is 3.10. The number of nitrogens with zero attached hydrogens (tertiary/aromatic N) is 4. The van der Waals surface area contributed by atoms with Gasteiger partial charge in [-0.15, -0.1) is 0 Å². The van der Waals surface area contributed by atoms with Gasteiger partial charge in [-0.3, -0.25) is 0 Å². The molecule has 0 bridgehead atoms. The Bertz CT molecular complexity index is 611. The van der Waals surface area contributed by atoms with Crippen molar-refractivity contribution >= 4 is 16.9 Å². The molecule has 1 aromatic carbocycles. The molecule has 0 saturated carbocycles. The Morgan fingerprint density at radius 2 is 1.76 bits per heavy atom. The predicted molar refractivity (Wildman–Crippen MR) is 87.8 cm³/mol. The minimum Gasteiger partial charge on any atom is -0.354 e. The van der Waals surface area contributed by atoms with Gasteiger partial charge in [0.05, 0.1) is 16.7 Å². The second kappa shape index (κ2) is 6.39. The van der Waals surface area contributed by atoms with Crippen molar-refractivity contribution in [3.8, 4) is 0 Å². The highest BCUT2D eigenvalue weighted by molar-refractivity contribution is 5.76. The van der Waals surface area contributed by atoms with Crippen LogP contribution in [0.2, 0.25) is 0 Å². The number of aryl methyl sites for hydroxylation is 1. The van der Waals surface area contributed by atoms with Crippen LogP contribution in [0.15, 0.2) is 24.3 Å². The zero-order valence-corrected chi connectivity index (χ0v) is 13.0. The first-order chi connectivity index (χ1) is 10.3. The van der Waals surface area contributed by atoms with Gasteiger partial charge in [-0.2, -0.15) is 0 Å². The second-order valence-electron chi connectivity index (χ2n) is 5.80. The molecule has 2 heterocycles. The van der Waals surface area contributed by atoms with Gasteiger partial charge in [0.1, 0.15) is 0 Å². The van der Waals surface area contributed by atoms with E-state index < -0.39 is 0 Å². The van der Waals surface area contributed by atoms with E-state index in [1.165, 1.54) is 25.9 Å². The van der Waals surface area contributed by atoms with Crippen LogP contribution in [-0.2, 0) is 0 Å². The van der Waals surface area contributed by atoms with E-state index >= 15 is 0 Å². The van der Waals surface area contributed by atoms with Crippen LogP contribution < -0.4 is 4.90 Å². The lowest BCUT2D eigenvalue weighted by Crippen LogP contribution is -2.32. The number of para-hydroxylation sites is 2. The van der Waals surface area contributed by atoms with Gasteiger partial charge in [0.15, 0.2) is 5.82 Å². The molecule has 0 radical (unpaired) electrons. The molecule has 0 spiro atoms. The molecule has 1 aliphatic heterocycles. The standard InChI is InChI=1S/C17H24N4/c1-3-9-20-10-6-11-21(13-12-20)17-14(2)18-15-7-4-5-8-16(15)19-17/h4-5,7-8H,3,6,9-13H2,1-2H3. The van der Waals surface area contributed by atoms with Crippen molar-refractivity contribution in [1.29, 1.82) is 0 Å². The Morgan fingerprint density at radius 3 is 2.52 bits per heavy atom. The average molecular weight is 284 g/mol. The number of fused-ring (bicyclic) bond motifs is 1. The summed E-state index contributed by atoms with van der Waals surface area (Å²) in [6.45, 7) is 9.98. The summed E-state index contributed by atoms with van der Waals surface area (Å²) in [5.74, 6) is 1.06. The van der Waals surface area contributed by atoms with E-state index in [2.05, 4.69) is 23.6 Å². The Hall–Kier alpha value is -1.68. The van der Waals surface area contributed by atoms with Crippen LogP contribution >= 0.6 is 0 Å². The fourth-order valence-corrected chi connectivity index (χ4v) is 3.10. The minimum absolute atomic E-state index is 0.987. The van der Waals surface area contributed by atoms with Gasteiger partial charge in [0, 0.05) is 19.6 Å². The van der Waals surface area contributed by atoms with E-state index in [4.69, 9.17) is 9.97 Å². The summed E-state index contributed by atoms with van der Waals surface area (Å²) in [5.41, 5.74) is 3.02. The molecule has 4 heteroatoms. The summed E-state index contributed by atoms with van der Waals surface area (Å²) >= 11 is 0. The van der Waals surface area contributed by atoms with Gasteiger partial charge in [-0.1, -0.05) is 19.1 Å². The summed E-state index contributed by atoms with van der Waals surface area (Å²) in [4.78, 5) is 14.5. The smallest absolute Gasteiger partial charge is 0.150 e. The number of benzene rings is 1. The van der Waals surface area contributed by atoms with E-state index in [9.17, 15) is 0 Å². The maximum absolute atomic E-state index is 4.86. The molecular weight excluding hydrogens is 260 g/mol. The molecule has 0 atom stereocenters. The van der Waals surface area contributed by atoms with Crippen LogP contribution in [-0.4, -0.2) is 47.6 Å². The Labute approximate surface area is 126 Å². The lowest BCUT2D eigenvalue weighted by atomic mass is 10.2. The van der Waals surface area contributed by atoms with E-state index in [0.29, 0.717) is 0 Å². The fraction of sp³-hybridized carbons (Fsp3) is 0.529. The zero-order valence-electron chi connectivity index (χ0n) is 13.0. The van der Waals surface area contributed by atoms with Crippen LogP contribution in [0.3, 0.4) is 0 Å². The van der Waals surface area contributed by atoms with Crippen molar-refractivity contribution in [2.24, 2.45) is 0 Å². The van der Waals surface area contributed by atoms with Crippen molar-refractivity contribution in [2.45, 2.75) is 26.7 Å². The summed E-state index contributed by atoms with van der Waals surface area (Å²) in [6.07, 6.45) is 2.43. The maximum Gasteiger partial charge on any atom is 0.150 e. The van der Waals surface area contributed by atoms with Crippen LogP contribution in [0.25, 0.3) is 11.0 Å². The van der Waals surface area contributed by atoms with E-state index in [1.807, 2.05) is 24.3 Å². The monoisotopic (exact) mass is 284 g/mol. The molecule has 2 aromatic rings. The first kappa shape index (κ1) is 14.3. The van der Waals surface area contributed by atoms with Crippen LogP contribution in [0.4, 0.5) is 5.82 Å². The molecule has 1 aromatic heterocycles. The number of anilines is 1. The van der Waals surface area contributed by atoms with Gasteiger partial charge < -0.3 is 9.80 Å². The Kier molecular flexibility index (Phi) is 4.34. The van der Waals surface area contributed by atoms with Gasteiger partial charge >= 0.3 is 0 Å². The molecule has 0 unspecified atom stereocenters. The first-order valence-corrected chi connectivity index (χ1v) is 7.98. The Morgan fingerprint density at radius 1 is 1.00 bits per heavy atom. The third kappa shape index (κ3) is 3.16. The first-order valence-electron chi connectivity index (χ1n) is 7.98. The lowest BCUT2D eigenvalue weighted by molar-refractivity contribution is 0.294. The van der Waals surface area contributed by atoms with Gasteiger partial charge in [0.2, 0.25) is 0 Å². The van der Waals surface area contributed by atoms with E-state index in [-0.39, 0.29) is 0 Å². The highest BCUT2D eigenvalue weighted by atomic mass is 15.3. The average Bonchev–Trinajstić information content (AvgIpc) is 2.73. The number of rotatable bonds is 3. The quantitative estimate of drug-likeness (QED) is 0.867. The predicted octanol–water partition coefficient (Wildman–Crippen LogP) is 2.86. The summed E-state index contributed by atoms with van der Waals surface area (Å²) < 4.78 is 0. The maximum atomic E-state index is 4.86. The van der Waals surface area contributed by atoms with Crippen molar-refractivity contribution in [1.82, 2.24) is 14.9 Å². The van der Waals surface area contributed by atoms with Crippen LogP contribution in [0.1, 0.15) is 25.5 Å². The third-order valence-corrected chi connectivity index (χ3v) is 4.15. The SMILES string of the molecule is CCCN1CCCN(c2nc3ccccc3nc2C)CC1. The molecule has 4 nitrogen and oxygen atoms in total. The molecule has 112 valence electrons. The van der Waals surface area contributed by atoms with Crippen molar-refractivity contribution in [3.63, 3.8) is 0 Å². The molecule has 1 saturated heterocycles. The number of aromatic nitrogens is 2. The zero-order chi connectivity index (χ0) is 14.7. The van der Waals surface area contributed by atoms with Gasteiger partial charge in [-0.05, 0) is 45.0 Å². The highest BCUT2D eigenvalue weighted by Gasteiger charge is 2.18. The second-order valence-corrected chi connectivity index (χ2v) is 5.80. The third-order valence-electron chi connectivity index (χ3n) is 4.15. The Balaban J connectivity index is 1.84. The van der Waals surface area contributed by atoms with Crippen molar-refractivity contribution in [2.75, 3.05) is 37.6 Å². The number of hydrogen-bond donors (Lipinski definition) is 0. The largest absolute Gasteiger partial charge is 0.354 e. The van der Waals surface area contributed by atoms with Crippen LogP contribution in [0.5, 0.6) is 0 Å². The summed E-state index contributed by atoms with van der Waals surface area (Å²) in [6, 6.07) is 8.13. The molecule has 0 aliphatic carbocycles. The van der Waals surface area contributed by atoms with Crippen LogP contribution in [0, 0.1) is 6.92 Å². The highest BCUT2D eigenvalue weighted by Crippen LogP contribution is 2.21. The molecule has 1 aliphatic rings. The van der Waals surface area contributed by atoms with Crippen molar-refractivity contribution in [3.05, 3.63) is 30.0 Å². The molecular formula is C17H24N4. The number of hydrogen-bond acceptors (Lipinski definition) is 4. The molecule has 21 heavy (non-hydrogen) atoms. The molecule has 3 rings (SSSR count). The van der Waals surface area contributed by atoms with Gasteiger partial charge in [0.25, 0.3) is 0 Å². The normalized spacial score (nSPS) is 17.1. The minimum atomic E-state index is 0.987. The molecule has 0 amide bonds. The van der Waals surface area contributed by atoms with E-state index in [0.717, 1.165) is 42.2 Å². The summed E-state index contributed by atoms with van der Waals surface area (Å²) in [7, 11) is 0. The summed E-state index contributed by atoms with van der Waals surface area (Å²) in [5, 5.41) is 0. The van der Waals surface area contributed by atoms with E-state index in [1.54, 1.807) is 0 Å². The molecule has 1 fully saturated rings.